The second-order valence-electron chi connectivity index (χ2n) is 6.96. The van der Waals surface area contributed by atoms with E-state index in [0.29, 0.717) is 10.8 Å². The van der Waals surface area contributed by atoms with Crippen molar-refractivity contribution in [3.63, 3.8) is 0 Å². The lowest BCUT2D eigenvalue weighted by Crippen LogP contribution is -2.43. The third kappa shape index (κ3) is 2.05. The van der Waals surface area contributed by atoms with Crippen LogP contribution in [0.5, 0.6) is 0 Å². The lowest BCUT2D eigenvalue weighted by molar-refractivity contribution is 0.299. The molecule has 0 atom stereocenters. The van der Waals surface area contributed by atoms with Crippen molar-refractivity contribution >= 4 is 0 Å². The Balaban J connectivity index is 0.000000396. The van der Waals surface area contributed by atoms with Crippen molar-refractivity contribution < 1.29 is 0 Å². The second kappa shape index (κ2) is 6.75. The number of fused-ring (bicyclic) bond motifs is 3. The molecule has 128 valence electrons. The smallest absolute Gasteiger partial charge is 0.00562 e. The molecule has 0 N–H and O–H groups in total. The van der Waals surface area contributed by atoms with Gasteiger partial charge in [-0.25, -0.2) is 0 Å². The Morgan fingerprint density at radius 1 is 0.542 bits per heavy atom. The Bertz CT molecular complexity index is 625. The van der Waals surface area contributed by atoms with Crippen molar-refractivity contribution in [2.24, 2.45) is 0 Å². The van der Waals surface area contributed by atoms with E-state index in [0.717, 1.165) is 0 Å². The van der Waals surface area contributed by atoms with Gasteiger partial charge in [0.25, 0.3) is 0 Å². The van der Waals surface area contributed by atoms with E-state index in [1.54, 1.807) is 11.1 Å². The summed E-state index contributed by atoms with van der Waals surface area (Å²) in [4.78, 5) is 0. The molecule has 0 bridgehead atoms. The zero-order valence-electron chi connectivity index (χ0n) is 15.9. The van der Waals surface area contributed by atoms with E-state index < -0.39 is 0 Å². The van der Waals surface area contributed by atoms with Gasteiger partial charge in [0.1, 0.15) is 0 Å². The fourth-order valence-electron chi connectivity index (χ4n) is 5.92. The Kier molecular flexibility index (Phi) is 4.85. The fourth-order valence-corrected chi connectivity index (χ4v) is 5.92. The highest BCUT2D eigenvalue weighted by molar-refractivity contribution is 5.78. The molecular weight excluding hydrogens is 288 g/mol. The summed E-state index contributed by atoms with van der Waals surface area (Å²) in [5.41, 5.74) is 7.27. The third-order valence-electron chi connectivity index (χ3n) is 6.51. The van der Waals surface area contributed by atoms with Crippen LogP contribution in [0.2, 0.25) is 0 Å². The molecule has 3 aliphatic rings. The highest BCUT2D eigenvalue weighted by Gasteiger charge is 2.61. The third-order valence-corrected chi connectivity index (χ3v) is 6.51. The summed E-state index contributed by atoms with van der Waals surface area (Å²) in [5, 5.41) is 0. The molecule has 2 aromatic carbocycles. The maximum absolute atomic E-state index is 2.43. The zero-order chi connectivity index (χ0) is 17.2. The number of hydrogen-bond donors (Lipinski definition) is 0. The van der Waals surface area contributed by atoms with Gasteiger partial charge in [0, 0.05) is 10.8 Å². The van der Waals surface area contributed by atoms with Gasteiger partial charge in [0.05, 0.1) is 0 Å². The molecule has 0 spiro atoms. The molecule has 0 amide bonds. The predicted octanol–water partition coefficient (Wildman–Crippen LogP) is 7.26. The molecule has 2 aromatic rings. The van der Waals surface area contributed by atoms with E-state index >= 15 is 0 Å². The van der Waals surface area contributed by atoms with Gasteiger partial charge >= 0.3 is 0 Å². The largest absolute Gasteiger partial charge is 0.0683 e. The van der Waals surface area contributed by atoms with Gasteiger partial charge in [-0.3, -0.25) is 0 Å². The summed E-state index contributed by atoms with van der Waals surface area (Å²) >= 11 is 0. The van der Waals surface area contributed by atoms with E-state index in [1.807, 2.05) is 27.7 Å². The van der Waals surface area contributed by atoms with Crippen LogP contribution in [0, 0.1) is 0 Å². The van der Waals surface area contributed by atoms with Crippen LogP contribution in [-0.4, -0.2) is 0 Å². The Morgan fingerprint density at radius 3 is 1.25 bits per heavy atom. The number of rotatable bonds is 0. The van der Waals surface area contributed by atoms with Gasteiger partial charge in [-0.05, 0) is 47.9 Å². The first-order chi connectivity index (χ1) is 11.9. The summed E-state index contributed by atoms with van der Waals surface area (Å²) in [6.45, 7) is 8.00. The van der Waals surface area contributed by atoms with E-state index in [2.05, 4.69) is 48.5 Å². The van der Waals surface area contributed by atoms with E-state index in [4.69, 9.17) is 0 Å². The topological polar surface area (TPSA) is 0 Å². The Morgan fingerprint density at radius 2 is 0.875 bits per heavy atom. The molecule has 0 unspecified atom stereocenters. The summed E-state index contributed by atoms with van der Waals surface area (Å²) in [7, 11) is 0. The van der Waals surface area contributed by atoms with Crippen molar-refractivity contribution in [1.29, 1.82) is 0 Å². The monoisotopic (exact) mass is 320 g/mol. The predicted molar refractivity (Wildman–Crippen MR) is 106 cm³/mol. The molecule has 0 aromatic heterocycles. The number of hydrogen-bond acceptors (Lipinski definition) is 0. The minimum atomic E-state index is 0.456. The lowest BCUT2D eigenvalue weighted by Gasteiger charge is -2.47. The molecule has 0 heterocycles. The highest BCUT2D eigenvalue weighted by atomic mass is 14.6. The van der Waals surface area contributed by atoms with E-state index in [1.165, 1.54) is 49.7 Å². The van der Waals surface area contributed by atoms with Crippen LogP contribution in [0.1, 0.15) is 77.3 Å². The first-order valence-electron chi connectivity index (χ1n) is 10.1. The summed E-state index contributed by atoms with van der Waals surface area (Å²) in [6.07, 6.45) is 8.42. The van der Waals surface area contributed by atoms with Gasteiger partial charge in [-0.15, -0.1) is 0 Å². The second-order valence-corrected chi connectivity index (χ2v) is 6.96. The average Bonchev–Trinajstić information content (AvgIpc) is 3.23. The first kappa shape index (κ1) is 17.3. The summed E-state index contributed by atoms with van der Waals surface area (Å²) < 4.78 is 0. The molecular formula is C24H32. The van der Waals surface area contributed by atoms with Crippen LogP contribution in [0.3, 0.4) is 0 Å². The van der Waals surface area contributed by atoms with Crippen LogP contribution < -0.4 is 0 Å². The maximum atomic E-state index is 2.43. The van der Waals surface area contributed by atoms with Gasteiger partial charge in [0.2, 0.25) is 0 Å². The molecule has 24 heavy (non-hydrogen) atoms. The molecule has 2 saturated carbocycles. The molecule has 0 radical (unpaired) electrons. The van der Waals surface area contributed by atoms with Crippen molar-refractivity contribution in [3.8, 4) is 11.1 Å². The molecule has 0 nitrogen and oxygen atoms in total. The minimum absolute atomic E-state index is 0.456. The lowest BCUT2D eigenvalue weighted by atomic mass is 9.55. The Hall–Kier alpha value is -1.56. The number of benzene rings is 2. The summed E-state index contributed by atoms with van der Waals surface area (Å²) in [6, 6.07) is 18.5. The van der Waals surface area contributed by atoms with Gasteiger partial charge < -0.3 is 0 Å². The minimum Gasteiger partial charge on any atom is -0.0683 e. The van der Waals surface area contributed by atoms with Crippen LogP contribution in [-0.2, 0) is 10.8 Å². The molecule has 0 saturated heterocycles. The van der Waals surface area contributed by atoms with E-state index in [9.17, 15) is 0 Å². The summed E-state index contributed by atoms with van der Waals surface area (Å²) in [5.74, 6) is 0. The first-order valence-corrected chi connectivity index (χ1v) is 10.1. The molecule has 5 rings (SSSR count). The molecule has 2 fully saturated rings. The highest BCUT2D eigenvalue weighted by Crippen LogP contribution is 2.68. The molecule has 0 aliphatic heterocycles. The van der Waals surface area contributed by atoms with Crippen molar-refractivity contribution in [2.45, 2.75) is 77.0 Å². The zero-order valence-corrected chi connectivity index (χ0v) is 15.9. The van der Waals surface area contributed by atoms with Gasteiger partial charge in [-0.2, -0.15) is 0 Å². The van der Waals surface area contributed by atoms with Crippen molar-refractivity contribution in [2.75, 3.05) is 0 Å². The molecule has 0 heteroatoms. The van der Waals surface area contributed by atoms with Crippen molar-refractivity contribution in [3.05, 3.63) is 59.7 Å². The van der Waals surface area contributed by atoms with Gasteiger partial charge in [0.15, 0.2) is 0 Å². The Labute approximate surface area is 148 Å². The normalized spacial score (nSPS) is 28.2. The quantitative estimate of drug-likeness (QED) is 0.479. The van der Waals surface area contributed by atoms with Crippen LogP contribution in [0.25, 0.3) is 11.1 Å². The van der Waals surface area contributed by atoms with Crippen LogP contribution >= 0.6 is 0 Å². The maximum Gasteiger partial charge on any atom is 0.00562 e. The standard InChI is InChI=1S/C20H20.2C2H6/c1-3-9-17-15(7-1)16-8-2-4-10-18(16)20-13-5-11-19(17,20)12-6-14-20;2*1-2/h1-4,7-10H,5-6,11-14H2;2*1-2H3. The fraction of sp³-hybridized carbons (Fsp3) is 0.500. The van der Waals surface area contributed by atoms with E-state index in [-0.39, 0.29) is 0 Å². The molecule has 3 aliphatic carbocycles. The van der Waals surface area contributed by atoms with Crippen LogP contribution in [0.15, 0.2) is 48.5 Å². The van der Waals surface area contributed by atoms with Crippen molar-refractivity contribution in [1.82, 2.24) is 0 Å². The average molecular weight is 321 g/mol. The van der Waals surface area contributed by atoms with Gasteiger partial charge in [-0.1, -0.05) is 89.1 Å². The van der Waals surface area contributed by atoms with Crippen LogP contribution in [0.4, 0.5) is 0 Å². The SMILES string of the molecule is CC.CC.c1ccc2c(c1)-c1ccccc1C13CCCC21CCC3.